The van der Waals surface area contributed by atoms with Crippen LogP contribution in [0.1, 0.15) is 22.0 Å². The second kappa shape index (κ2) is 3.89. The van der Waals surface area contributed by atoms with Crippen molar-refractivity contribution in [2.24, 2.45) is 5.73 Å². The smallest absolute Gasteiger partial charge is 0.250 e. The molecule has 0 spiro atoms. The fourth-order valence-electron chi connectivity index (χ4n) is 1.68. The first-order valence-corrected chi connectivity index (χ1v) is 5.09. The van der Waals surface area contributed by atoms with Gasteiger partial charge in [0.2, 0.25) is 0 Å². The number of nitrogens with two attached hydrogens (primary N) is 2. The molecule has 0 radical (unpaired) electrons. The molecule has 0 fully saturated rings. The maximum absolute atomic E-state index is 11.3. The molecule has 0 saturated heterocycles. The average Bonchev–Trinajstić information content (AvgIpc) is 2.57. The number of anilines is 1. The van der Waals surface area contributed by atoms with Gasteiger partial charge < -0.3 is 11.5 Å². The van der Waals surface area contributed by atoms with Gasteiger partial charge in [-0.05, 0) is 32.0 Å². The number of primary amides is 1. The number of amides is 1. The number of hydrogen-bond acceptors (Lipinski definition) is 4. The molecule has 1 heterocycles. The molecule has 0 atom stereocenters. The third kappa shape index (κ3) is 1.96. The SMILES string of the molecule is Cc1nc(C)n(-c2cc(N)ccc2C(N)=O)n1. The van der Waals surface area contributed by atoms with Crippen molar-refractivity contribution in [1.82, 2.24) is 14.8 Å². The van der Waals surface area contributed by atoms with Crippen molar-refractivity contribution in [3.63, 3.8) is 0 Å². The number of carbonyl (C=O) groups excluding carboxylic acids is 1. The summed E-state index contributed by atoms with van der Waals surface area (Å²) in [5.74, 6) is 0.781. The summed E-state index contributed by atoms with van der Waals surface area (Å²) in [6.45, 7) is 3.58. The van der Waals surface area contributed by atoms with Crippen LogP contribution in [0.25, 0.3) is 5.69 Å². The highest BCUT2D eigenvalue weighted by atomic mass is 16.1. The Balaban J connectivity index is 2.69. The van der Waals surface area contributed by atoms with Crippen LogP contribution in [0.5, 0.6) is 0 Å². The Bertz CT molecular complexity index is 588. The number of benzene rings is 1. The Labute approximate surface area is 98.3 Å². The number of aryl methyl sites for hydroxylation is 2. The van der Waals surface area contributed by atoms with Crippen molar-refractivity contribution in [2.75, 3.05) is 5.73 Å². The molecule has 88 valence electrons. The van der Waals surface area contributed by atoms with E-state index in [2.05, 4.69) is 10.1 Å². The van der Waals surface area contributed by atoms with Gasteiger partial charge in [0.05, 0.1) is 11.3 Å². The topological polar surface area (TPSA) is 99.8 Å². The molecule has 6 nitrogen and oxygen atoms in total. The van der Waals surface area contributed by atoms with Gasteiger partial charge in [0, 0.05) is 5.69 Å². The van der Waals surface area contributed by atoms with Crippen molar-refractivity contribution < 1.29 is 4.79 Å². The average molecular weight is 231 g/mol. The molecule has 1 aromatic carbocycles. The van der Waals surface area contributed by atoms with Crippen LogP contribution in [-0.2, 0) is 0 Å². The minimum absolute atomic E-state index is 0.368. The summed E-state index contributed by atoms with van der Waals surface area (Å²) in [7, 11) is 0. The first kappa shape index (κ1) is 11.1. The monoisotopic (exact) mass is 231 g/mol. The standard InChI is InChI=1S/C11H13N5O/c1-6-14-7(2)16(15-6)10-5-8(12)3-4-9(10)11(13)17/h3-5H,12H2,1-2H3,(H2,13,17). The molecule has 0 saturated carbocycles. The molecule has 0 aliphatic heterocycles. The Morgan fingerprint density at radius 2 is 2.06 bits per heavy atom. The molecule has 0 bridgehead atoms. The molecule has 4 N–H and O–H groups in total. The van der Waals surface area contributed by atoms with Crippen LogP contribution < -0.4 is 11.5 Å². The van der Waals surface area contributed by atoms with Crippen molar-refractivity contribution >= 4 is 11.6 Å². The molecule has 1 aromatic heterocycles. The van der Waals surface area contributed by atoms with E-state index in [0.29, 0.717) is 28.6 Å². The van der Waals surface area contributed by atoms with Crippen LogP contribution in [0.3, 0.4) is 0 Å². The minimum Gasteiger partial charge on any atom is -0.399 e. The molecule has 17 heavy (non-hydrogen) atoms. The molecular formula is C11H13N5O. The highest BCUT2D eigenvalue weighted by Gasteiger charge is 2.13. The maximum Gasteiger partial charge on any atom is 0.250 e. The zero-order chi connectivity index (χ0) is 12.6. The molecule has 0 aliphatic carbocycles. The van der Waals surface area contributed by atoms with Gasteiger partial charge in [-0.15, -0.1) is 0 Å². The number of nitrogens with zero attached hydrogens (tertiary/aromatic N) is 3. The number of rotatable bonds is 2. The van der Waals surface area contributed by atoms with E-state index in [1.807, 2.05) is 0 Å². The fraction of sp³-hybridized carbons (Fsp3) is 0.182. The van der Waals surface area contributed by atoms with Gasteiger partial charge in [0.15, 0.2) is 0 Å². The second-order valence-electron chi connectivity index (χ2n) is 3.76. The number of nitrogen functional groups attached to an aromatic ring is 1. The predicted octanol–water partition coefficient (Wildman–Crippen LogP) is 0.565. The highest BCUT2D eigenvalue weighted by molar-refractivity contribution is 5.97. The Kier molecular flexibility index (Phi) is 2.55. The molecule has 2 rings (SSSR count). The van der Waals surface area contributed by atoms with Crippen molar-refractivity contribution in [3.05, 3.63) is 35.4 Å². The summed E-state index contributed by atoms with van der Waals surface area (Å²) in [6.07, 6.45) is 0. The summed E-state index contributed by atoms with van der Waals surface area (Å²) in [5, 5.41) is 4.21. The zero-order valence-corrected chi connectivity index (χ0v) is 9.64. The van der Waals surface area contributed by atoms with Crippen molar-refractivity contribution in [2.45, 2.75) is 13.8 Å². The molecular weight excluding hydrogens is 218 g/mol. The van der Waals surface area contributed by atoms with Gasteiger partial charge in [-0.25, -0.2) is 9.67 Å². The van der Waals surface area contributed by atoms with Gasteiger partial charge in [-0.2, -0.15) is 5.10 Å². The first-order chi connectivity index (χ1) is 7.99. The van der Waals surface area contributed by atoms with Crippen molar-refractivity contribution in [3.8, 4) is 5.69 Å². The normalized spacial score (nSPS) is 10.5. The van der Waals surface area contributed by atoms with E-state index in [9.17, 15) is 4.79 Å². The van der Waals surface area contributed by atoms with Gasteiger partial charge in [-0.1, -0.05) is 0 Å². The molecule has 6 heteroatoms. The van der Waals surface area contributed by atoms with Crippen LogP contribution in [0.15, 0.2) is 18.2 Å². The van der Waals surface area contributed by atoms with E-state index in [1.54, 1.807) is 36.7 Å². The summed E-state index contributed by atoms with van der Waals surface area (Å²) in [5.41, 5.74) is 12.5. The van der Waals surface area contributed by atoms with Gasteiger partial charge in [0.1, 0.15) is 11.6 Å². The zero-order valence-electron chi connectivity index (χ0n) is 9.64. The van der Waals surface area contributed by atoms with E-state index in [1.165, 1.54) is 0 Å². The third-order valence-corrected chi connectivity index (χ3v) is 2.39. The predicted molar refractivity (Wildman–Crippen MR) is 63.8 cm³/mol. The lowest BCUT2D eigenvalue weighted by atomic mass is 10.1. The molecule has 0 aliphatic rings. The van der Waals surface area contributed by atoms with E-state index >= 15 is 0 Å². The molecule has 0 unspecified atom stereocenters. The van der Waals surface area contributed by atoms with E-state index in [0.717, 1.165) is 0 Å². The van der Waals surface area contributed by atoms with Crippen LogP contribution in [-0.4, -0.2) is 20.7 Å². The Morgan fingerprint density at radius 1 is 1.35 bits per heavy atom. The van der Waals surface area contributed by atoms with Crippen LogP contribution in [0, 0.1) is 13.8 Å². The van der Waals surface area contributed by atoms with Crippen LogP contribution >= 0.6 is 0 Å². The third-order valence-electron chi connectivity index (χ3n) is 2.39. The molecule has 2 aromatic rings. The van der Waals surface area contributed by atoms with Gasteiger partial charge >= 0.3 is 0 Å². The lowest BCUT2D eigenvalue weighted by Crippen LogP contribution is -2.16. The molecule has 1 amide bonds. The van der Waals surface area contributed by atoms with E-state index in [4.69, 9.17) is 11.5 Å². The summed E-state index contributed by atoms with van der Waals surface area (Å²) >= 11 is 0. The van der Waals surface area contributed by atoms with E-state index in [-0.39, 0.29) is 0 Å². The largest absolute Gasteiger partial charge is 0.399 e. The summed E-state index contributed by atoms with van der Waals surface area (Å²) in [4.78, 5) is 15.5. The lowest BCUT2D eigenvalue weighted by Gasteiger charge is -2.08. The van der Waals surface area contributed by atoms with Gasteiger partial charge in [0.25, 0.3) is 5.91 Å². The van der Waals surface area contributed by atoms with Gasteiger partial charge in [-0.3, -0.25) is 4.79 Å². The van der Waals surface area contributed by atoms with Crippen LogP contribution in [0.2, 0.25) is 0 Å². The Hall–Kier alpha value is -2.37. The van der Waals surface area contributed by atoms with Crippen LogP contribution in [0.4, 0.5) is 5.69 Å². The quantitative estimate of drug-likeness (QED) is 0.738. The number of aromatic nitrogens is 3. The Morgan fingerprint density at radius 3 is 2.59 bits per heavy atom. The van der Waals surface area contributed by atoms with Crippen molar-refractivity contribution in [1.29, 1.82) is 0 Å². The van der Waals surface area contributed by atoms with E-state index < -0.39 is 5.91 Å². The maximum atomic E-state index is 11.3. The highest BCUT2D eigenvalue weighted by Crippen LogP contribution is 2.18. The fourth-order valence-corrected chi connectivity index (χ4v) is 1.68. The first-order valence-electron chi connectivity index (χ1n) is 5.09. The minimum atomic E-state index is -0.521. The number of carbonyl (C=O) groups is 1. The summed E-state index contributed by atoms with van der Waals surface area (Å²) in [6, 6.07) is 4.87. The number of hydrogen-bond donors (Lipinski definition) is 2. The lowest BCUT2D eigenvalue weighted by molar-refractivity contribution is 0.1000. The second-order valence-corrected chi connectivity index (χ2v) is 3.76. The summed E-state index contributed by atoms with van der Waals surface area (Å²) < 4.78 is 1.56.